The van der Waals surface area contributed by atoms with Gasteiger partial charge < -0.3 is 9.84 Å². The molecule has 2 aliphatic rings. The minimum Gasteiger partial charge on any atom is -0.480 e. The van der Waals surface area contributed by atoms with Gasteiger partial charge in [0, 0.05) is 12.6 Å². The summed E-state index contributed by atoms with van der Waals surface area (Å²) in [6.07, 6.45) is 4.65. The number of ether oxygens (including phenoxy) is 1. The molecule has 0 aromatic heterocycles. The maximum absolute atomic E-state index is 11.1. The molecular weight excluding hydrogens is 194 g/mol. The van der Waals surface area contributed by atoms with E-state index in [2.05, 4.69) is 5.32 Å². The Bertz CT molecular complexity index is 248. The Morgan fingerprint density at radius 3 is 2.60 bits per heavy atom. The summed E-state index contributed by atoms with van der Waals surface area (Å²) in [6.45, 7) is 2.70. The average molecular weight is 213 g/mol. The van der Waals surface area contributed by atoms with Gasteiger partial charge in [0.25, 0.3) is 0 Å². The van der Waals surface area contributed by atoms with Gasteiger partial charge in [-0.1, -0.05) is 0 Å². The van der Waals surface area contributed by atoms with Gasteiger partial charge in [0.2, 0.25) is 0 Å². The highest BCUT2D eigenvalue weighted by molar-refractivity contribution is 5.78. The zero-order valence-corrected chi connectivity index (χ0v) is 9.16. The summed E-state index contributed by atoms with van der Waals surface area (Å²) in [7, 11) is 0. The lowest BCUT2D eigenvalue weighted by Crippen LogP contribution is -2.54. The molecule has 4 nitrogen and oxygen atoms in total. The number of hydrogen-bond donors (Lipinski definition) is 2. The van der Waals surface area contributed by atoms with E-state index < -0.39 is 11.5 Å². The van der Waals surface area contributed by atoms with Crippen LogP contribution in [0.25, 0.3) is 0 Å². The summed E-state index contributed by atoms with van der Waals surface area (Å²) in [4.78, 5) is 11.1. The molecule has 0 bridgehead atoms. The molecule has 4 heteroatoms. The normalized spacial score (nSPS) is 24.9. The molecule has 0 amide bonds. The molecule has 0 radical (unpaired) electrons. The molecule has 0 heterocycles. The number of carbonyl (C=O) groups is 1. The molecule has 0 aromatic carbocycles. The second-order valence-corrected chi connectivity index (χ2v) is 5.01. The third-order valence-corrected chi connectivity index (χ3v) is 3.01. The van der Waals surface area contributed by atoms with E-state index in [-0.39, 0.29) is 6.61 Å². The number of aliphatic carboxylic acids is 1. The molecule has 2 aliphatic carbocycles. The molecule has 0 saturated heterocycles. The van der Waals surface area contributed by atoms with Gasteiger partial charge in [0.05, 0.1) is 6.61 Å². The van der Waals surface area contributed by atoms with Crippen molar-refractivity contribution in [2.75, 3.05) is 13.2 Å². The lowest BCUT2D eigenvalue weighted by molar-refractivity contribution is -0.147. The van der Waals surface area contributed by atoms with E-state index in [1.807, 2.05) is 0 Å². The first kappa shape index (κ1) is 10.9. The molecule has 2 rings (SSSR count). The number of rotatable bonds is 7. The Morgan fingerprint density at radius 2 is 2.13 bits per heavy atom. The maximum Gasteiger partial charge on any atom is 0.326 e. The monoisotopic (exact) mass is 213 g/mol. The Labute approximate surface area is 90.0 Å². The van der Waals surface area contributed by atoms with Crippen LogP contribution in [0.3, 0.4) is 0 Å². The van der Waals surface area contributed by atoms with E-state index in [9.17, 15) is 4.79 Å². The minimum absolute atomic E-state index is 0.273. The van der Waals surface area contributed by atoms with Crippen molar-refractivity contribution in [3.8, 4) is 0 Å². The highest BCUT2D eigenvalue weighted by Crippen LogP contribution is 2.29. The predicted molar refractivity (Wildman–Crippen MR) is 55.7 cm³/mol. The van der Waals surface area contributed by atoms with E-state index in [0.717, 1.165) is 19.4 Å². The third-order valence-electron chi connectivity index (χ3n) is 3.01. The summed E-state index contributed by atoms with van der Waals surface area (Å²) in [6, 6.07) is 0.385. The van der Waals surface area contributed by atoms with Crippen LogP contribution in [0.4, 0.5) is 0 Å². The maximum atomic E-state index is 11.1. The molecule has 2 N–H and O–H groups in total. The molecule has 1 unspecified atom stereocenters. The highest BCUT2D eigenvalue weighted by atomic mass is 16.5. The van der Waals surface area contributed by atoms with Crippen molar-refractivity contribution in [2.24, 2.45) is 5.92 Å². The van der Waals surface area contributed by atoms with Gasteiger partial charge in [-0.2, -0.15) is 0 Å². The van der Waals surface area contributed by atoms with Crippen molar-refractivity contribution >= 4 is 5.97 Å². The van der Waals surface area contributed by atoms with Gasteiger partial charge in [0.1, 0.15) is 5.54 Å². The Balaban J connectivity index is 1.76. The SMILES string of the molecule is CC(COCC1CC1)(NC1CC1)C(=O)O. The summed E-state index contributed by atoms with van der Waals surface area (Å²) in [5.74, 6) is -0.130. The summed E-state index contributed by atoms with van der Waals surface area (Å²) >= 11 is 0. The van der Waals surface area contributed by atoms with Crippen LogP contribution in [0.2, 0.25) is 0 Å². The second kappa shape index (κ2) is 4.10. The van der Waals surface area contributed by atoms with Crippen LogP contribution >= 0.6 is 0 Å². The van der Waals surface area contributed by atoms with Gasteiger partial charge >= 0.3 is 5.97 Å². The topological polar surface area (TPSA) is 58.6 Å². The van der Waals surface area contributed by atoms with Crippen LogP contribution < -0.4 is 5.32 Å². The molecule has 0 aromatic rings. The van der Waals surface area contributed by atoms with Crippen molar-refractivity contribution in [1.29, 1.82) is 0 Å². The van der Waals surface area contributed by atoms with Gasteiger partial charge in [-0.25, -0.2) is 0 Å². The van der Waals surface area contributed by atoms with Crippen molar-refractivity contribution < 1.29 is 14.6 Å². The Hall–Kier alpha value is -0.610. The van der Waals surface area contributed by atoms with Crippen LogP contribution in [0, 0.1) is 5.92 Å². The summed E-state index contributed by atoms with van der Waals surface area (Å²) in [5.41, 5.74) is -0.907. The molecule has 2 saturated carbocycles. The fraction of sp³-hybridized carbons (Fsp3) is 0.909. The molecule has 15 heavy (non-hydrogen) atoms. The van der Waals surface area contributed by atoms with Gasteiger partial charge in [-0.05, 0) is 38.5 Å². The van der Waals surface area contributed by atoms with E-state index in [1.165, 1.54) is 12.8 Å². The first-order chi connectivity index (χ1) is 7.10. The fourth-order valence-electron chi connectivity index (χ4n) is 1.56. The lowest BCUT2D eigenvalue weighted by Gasteiger charge is -2.26. The number of carboxylic acid groups (broad SMARTS) is 1. The highest BCUT2D eigenvalue weighted by Gasteiger charge is 2.39. The lowest BCUT2D eigenvalue weighted by atomic mass is 10.0. The van der Waals surface area contributed by atoms with Crippen LogP contribution in [-0.2, 0) is 9.53 Å². The van der Waals surface area contributed by atoms with Crippen molar-refractivity contribution in [1.82, 2.24) is 5.32 Å². The largest absolute Gasteiger partial charge is 0.480 e. The van der Waals surface area contributed by atoms with E-state index in [1.54, 1.807) is 6.92 Å². The standard InChI is InChI=1S/C11H19NO3/c1-11(10(13)14,12-9-4-5-9)7-15-6-8-2-3-8/h8-9,12H,2-7H2,1H3,(H,13,14). The zero-order chi connectivity index (χ0) is 10.9. The zero-order valence-electron chi connectivity index (χ0n) is 9.16. The van der Waals surface area contributed by atoms with Crippen LogP contribution in [0.1, 0.15) is 32.6 Å². The second-order valence-electron chi connectivity index (χ2n) is 5.01. The van der Waals surface area contributed by atoms with Crippen molar-refractivity contribution in [3.05, 3.63) is 0 Å². The Kier molecular flexibility index (Phi) is 2.98. The summed E-state index contributed by atoms with van der Waals surface area (Å²) in [5, 5.41) is 12.3. The first-order valence-electron chi connectivity index (χ1n) is 5.69. The number of nitrogens with one attached hydrogen (secondary N) is 1. The van der Waals surface area contributed by atoms with Gasteiger partial charge in [-0.3, -0.25) is 10.1 Å². The Morgan fingerprint density at radius 1 is 1.47 bits per heavy atom. The fourth-order valence-corrected chi connectivity index (χ4v) is 1.56. The van der Waals surface area contributed by atoms with Gasteiger partial charge in [0.15, 0.2) is 0 Å². The molecule has 86 valence electrons. The molecular formula is C11H19NO3. The van der Waals surface area contributed by atoms with Gasteiger partial charge in [-0.15, -0.1) is 0 Å². The molecule has 1 atom stereocenters. The quantitative estimate of drug-likeness (QED) is 0.662. The smallest absolute Gasteiger partial charge is 0.326 e. The molecule has 0 spiro atoms. The van der Waals surface area contributed by atoms with Crippen LogP contribution in [0.5, 0.6) is 0 Å². The van der Waals surface area contributed by atoms with E-state index in [4.69, 9.17) is 9.84 Å². The average Bonchev–Trinajstić information content (AvgIpc) is 2.97. The van der Waals surface area contributed by atoms with Crippen LogP contribution in [0.15, 0.2) is 0 Å². The summed E-state index contributed by atoms with van der Waals surface area (Å²) < 4.78 is 5.47. The van der Waals surface area contributed by atoms with E-state index >= 15 is 0 Å². The molecule has 2 fully saturated rings. The van der Waals surface area contributed by atoms with Crippen molar-refractivity contribution in [3.63, 3.8) is 0 Å². The van der Waals surface area contributed by atoms with E-state index in [0.29, 0.717) is 12.0 Å². The predicted octanol–water partition coefficient (Wildman–Crippen LogP) is 1.01. The molecule has 0 aliphatic heterocycles. The number of hydrogen-bond acceptors (Lipinski definition) is 3. The number of carboxylic acids is 1. The minimum atomic E-state index is -0.907. The first-order valence-corrected chi connectivity index (χ1v) is 5.69. The third kappa shape index (κ3) is 3.18. The van der Waals surface area contributed by atoms with Crippen LogP contribution in [-0.4, -0.2) is 35.9 Å². The van der Waals surface area contributed by atoms with Crippen molar-refractivity contribution in [2.45, 2.75) is 44.2 Å².